The van der Waals surface area contributed by atoms with Crippen LogP contribution in [-0.4, -0.2) is 11.0 Å². The number of phenols is 1. The molecule has 0 aliphatic rings. The minimum atomic E-state index is -0.627. The molecule has 0 radical (unpaired) electrons. The van der Waals surface area contributed by atoms with Crippen LogP contribution in [0.3, 0.4) is 0 Å². The topological polar surface area (TPSA) is 49.3 Å². The van der Waals surface area contributed by atoms with E-state index in [2.05, 4.69) is 5.32 Å². The maximum absolute atomic E-state index is 13.5. The summed E-state index contributed by atoms with van der Waals surface area (Å²) in [4.78, 5) is 12.0. The van der Waals surface area contributed by atoms with Crippen molar-refractivity contribution in [2.45, 2.75) is 19.9 Å². The van der Waals surface area contributed by atoms with Gasteiger partial charge in [0, 0.05) is 6.07 Å². The van der Waals surface area contributed by atoms with Crippen LogP contribution in [0.4, 0.5) is 8.78 Å². The van der Waals surface area contributed by atoms with Crippen molar-refractivity contribution in [3.63, 3.8) is 0 Å². The number of amides is 1. The molecule has 0 fully saturated rings. The van der Waals surface area contributed by atoms with Crippen LogP contribution < -0.4 is 5.32 Å². The van der Waals surface area contributed by atoms with Gasteiger partial charge in [0.2, 0.25) is 0 Å². The van der Waals surface area contributed by atoms with Crippen molar-refractivity contribution in [1.29, 1.82) is 0 Å². The molecule has 1 unspecified atom stereocenters. The van der Waals surface area contributed by atoms with Gasteiger partial charge in [0.25, 0.3) is 5.91 Å². The number of benzene rings is 2. The molecule has 0 saturated heterocycles. The molecular weight excluding hydrogens is 276 g/mol. The highest BCUT2D eigenvalue weighted by atomic mass is 19.1. The first-order valence-electron chi connectivity index (χ1n) is 6.44. The van der Waals surface area contributed by atoms with Crippen molar-refractivity contribution in [3.8, 4) is 5.75 Å². The third-order valence-electron chi connectivity index (χ3n) is 3.25. The molecule has 21 heavy (non-hydrogen) atoms. The lowest BCUT2D eigenvalue weighted by molar-refractivity contribution is 0.0937. The molecule has 0 aliphatic heterocycles. The van der Waals surface area contributed by atoms with Gasteiger partial charge in [-0.2, -0.15) is 0 Å². The van der Waals surface area contributed by atoms with Crippen LogP contribution in [0.1, 0.15) is 34.5 Å². The molecular formula is C16H15F2NO2. The lowest BCUT2D eigenvalue weighted by atomic mass is 10.1. The summed E-state index contributed by atoms with van der Waals surface area (Å²) < 4.78 is 26.4. The monoisotopic (exact) mass is 291 g/mol. The smallest absolute Gasteiger partial charge is 0.255 e. The molecule has 0 saturated carbocycles. The van der Waals surface area contributed by atoms with Gasteiger partial charge in [-0.25, -0.2) is 8.78 Å². The second-order valence-corrected chi connectivity index (χ2v) is 4.87. The number of hydrogen-bond donors (Lipinski definition) is 2. The van der Waals surface area contributed by atoms with Crippen LogP contribution in [0.15, 0.2) is 36.4 Å². The average molecular weight is 291 g/mol. The predicted octanol–water partition coefficient (Wildman–Crippen LogP) is 3.47. The summed E-state index contributed by atoms with van der Waals surface area (Å²) >= 11 is 0. The van der Waals surface area contributed by atoms with Crippen LogP contribution in [0.2, 0.25) is 0 Å². The number of hydrogen-bond acceptors (Lipinski definition) is 2. The van der Waals surface area contributed by atoms with Gasteiger partial charge in [-0.1, -0.05) is 12.1 Å². The summed E-state index contributed by atoms with van der Waals surface area (Å²) in [6.07, 6.45) is 0. The second-order valence-electron chi connectivity index (χ2n) is 4.87. The van der Waals surface area contributed by atoms with Crippen molar-refractivity contribution in [2.75, 3.05) is 0 Å². The summed E-state index contributed by atoms with van der Waals surface area (Å²) in [5.41, 5.74) is 1.09. The summed E-state index contributed by atoms with van der Waals surface area (Å²) in [5, 5.41) is 12.2. The highest BCUT2D eigenvalue weighted by Gasteiger charge is 2.16. The van der Waals surface area contributed by atoms with E-state index in [9.17, 15) is 18.7 Å². The molecule has 5 heteroatoms. The van der Waals surface area contributed by atoms with Gasteiger partial charge in [0.15, 0.2) is 0 Å². The van der Waals surface area contributed by atoms with Gasteiger partial charge >= 0.3 is 0 Å². The van der Waals surface area contributed by atoms with Crippen molar-refractivity contribution in [2.24, 2.45) is 0 Å². The Morgan fingerprint density at radius 1 is 1.19 bits per heavy atom. The number of nitrogens with one attached hydrogen (secondary N) is 1. The molecule has 110 valence electrons. The molecule has 1 atom stereocenters. The van der Waals surface area contributed by atoms with E-state index in [-0.39, 0.29) is 11.4 Å². The van der Waals surface area contributed by atoms with Gasteiger partial charge in [-0.3, -0.25) is 4.79 Å². The van der Waals surface area contributed by atoms with Crippen LogP contribution in [-0.2, 0) is 0 Å². The molecule has 2 N–H and O–H groups in total. The lowest BCUT2D eigenvalue weighted by Gasteiger charge is -2.15. The summed E-state index contributed by atoms with van der Waals surface area (Å²) in [7, 11) is 0. The van der Waals surface area contributed by atoms with Gasteiger partial charge in [0.05, 0.1) is 11.6 Å². The fourth-order valence-corrected chi connectivity index (χ4v) is 1.93. The zero-order chi connectivity index (χ0) is 15.6. The lowest BCUT2D eigenvalue weighted by Crippen LogP contribution is -2.26. The van der Waals surface area contributed by atoms with E-state index in [4.69, 9.17) is 0 Å². The zero-order valence-corrected chi connectivity index (χ0v) is 11.7. The Morgan fingerprint density at radius 2 is 1.90 bits per heavy atom. The number of phenolic OH excluding ortho intramolecular Hbond substituents is 1. The van der Waals surface area contributed by atoms with Crippen molar-refractivity contribution in [3.05, 3.63) is 64.7 Å². The van der Waals surface area contributed by atoms with Crippen LogP contribution in [0, 0.1) is 18.6 Å². The van der Waals surface area contributed by atoms with Crippen molar-refractivity contribution in [1.82, 2.24) is 5.32 Å². The van der Waals surface area contributed by atoms with E-state index in [1.54, 1.807) is 26.0 Å². The minimum absolute atomic E-state index is 0.0316. The quantitative estimate of drug-likeness (QED) is 0.909. The molecule has 1 amide bonds. The number of halogens is 2. The Hall–Kier alpha value is -2.43. The van der Waals surface area contributed by atoms with E-state index >= 15 is 0 Å². The number of rotatable bonds is 3. The molecule has 0 heterocycles. The molecule has 0 spiro atoms. The molecule has 3 nitrogen and oxygen atoms in total. The minimum Gasteiger partial charge on any atom is -0.507 e. The Labute approximate surface area is 121 Å². The first kappa shape index (κ1) is 15.0. The normalized spacial score (nSPS) is 12.0. The Morgan fingerprint density at radius 3 is 2.52 bits per heavy atom. The van der Waals surface area contributed by atoms with Gasteiger partial charge in [-0.05, 0) is 43.2 Å². The standard InChI is InChI=1S/C16H15F2NO2/c1-9-3-4-11(7-14(9)18)10(2)19-16(21)13-6-5-12(17)8-15(13)20/h3-8,10,20H,1-2H3,(H,19,21). The van der Waals surface area contributed by atoms with E-state index in [0.29, 0.717) is 11.1 Å². The molecule has 0 aromatic heterocycles. The predicted molar refractivity (Wildman–Crippen MR) is 75.1 cm³/mol. The van der Waals surface area contributed by atoms with E-state index in [0.717, 1.165) is 12.1 Å². The fraction of sp³-hybridized carbons (Fsp3) is 0.188. The fourth-order valence-electron chi connectivity index (χ4n) is 1.93. The Bertz CT molecular complexity index is 686. The van der Waals surface area contributed by atoms with Crippen LogP contribution >= 0.6 is 0 Å². The summed E-state index contributed by atoms with van der Waals surface area (Å²) in [5.74, 6) is -1.97. The Balaban J connectivity index is 2.16. The third kappa shape index (κ3) is 3.37. The first-order chi connectivity index (χ1) is 9.88. The highest BCUT2D eigenvalue weighted by molar-refractivity contribution is 5.97. The largest absolute Gasteiger partial charge is 0.507 e. The zero-order valence-electron chi connectivity index (χ0n) is 11.7. The van der Waals surface area contributed by atoms with Crippen molar-refractivity contribution >= 4 is 5.91 Å². The molecule has 2 aromatic rings. The molecule has 2 aromatic carbocycles. The maximum Gasteiger partial charge on any atom is 0.255 e. The van der Waals surface area contributed by atoms with E-state index in [1.165, 1.54) is 12.1 Å². The first-order valence-corrected chi connectivity index (χ1v) is 6.44. The van der Waals surface area contributed by atoms with Gasteiger partial charge < -0.3 is 10.4 Å². The highest BCUT2D eigenvalue weighted by Crippen LogP contribution is 2.20. The van der Waals surface area contributed by atoms with Crippen molar-refractivity contribution < 1.29 is 18.7 Å². The molecule has 0 bridgehead atoms. The van der Waals surface area contributed by atoms with Crippen LogP contribution in [0.25, 0.3) is 0 Å². The number of aryl methyl sites for hydroxylation is 1. The van der Waals surface area contributed by atoms with Gasteiger partial charge in [-0.15, -0.1) is 0 Å². The van der Waals surface area contributed by atoms with E-state index in [1.807, 2.05) is 0 Å². The number of carbonyl (C=O) groups is 1. The van der Waals surface area contributed by atoms with Crippen LogP contribution in [0.5, 0.6) is 5.75 Å². The average Bonchev–Trinajstić information content (AvgIpc) is 2.41. The van der Waals surface area contributed by atoms with Gasteiger partial charge in [0.1, 0.15) is 17.4 Å². The maximum atomic E-state index is 13.5. The molecule has 2 rings (SSSR count). The second kappa shape index (κ2) is 5.91. The SMILES string of the molecule is Cc1ccc(C(C)NC(=O)c2ccc(F)cc2O)cc1F. The summed E-state index contributed by atoms with van der Waals surface area (Å²) in [6, 6.07) is 7.40. The summed E-state index contributed by atoms with van der Waals surface area (Å²) in [6.45, 7) is 3.35. The number of carbonyl (C=O) groups excluding carboxylic acids is 1. The Kier molecular flexibility index (Phi) is 4.21. The van der Waals surface area contributed by atoms with E-state index < -0.39 is 23.5 Å². The third-order valence-corrected chi connectivity index (χ3v) is 3.25. The number of aromatic hydroxyl groups is 1. The molecule has 0 aliphatic carbocycles.